The van der Waals surface area contributed by atoms with E-state index in [9.17, 15) is 115 Å². The van der Waals surface area contributed by atoms with Gasteiger partial charge in [0, 0.05) is 23.3 Å². The van der Waals surface area contributed by atoms with Gasteiger partial charge in [0.1, 0.15) is 11.8 Å². The Labute approximate surface area is 426 Å². The third-order valence-corrected chi connectivity index (χ3v) is 11.8. The zero-order chi connectivity index (χ0) is 59.3. The molecule has 7 rings (SSSR count). The molecule has 0 unspecified atom stereocenters. The van der Waals surface area contributed by atoms with Crippen molar-refractivity contribution in [3.05, 3.63) is 206 Å². The van der Waals surface area contributed by atoms with Crippen LogP contribution in [0.3, 0.4) is 0 Å². The van der Waals surface area contributed by atoms with E-state index in [-0.39, 0.29) is 5.69 Å². The topological polar surface area (TPSA) is 59.9 Å². The predicted molar refractivity (Wildman–Crippen MR) is 232 cm³/mol. The van der Waals surface area contributed by atoms with Gasteiger partial charge in [-0.1, -0.05) is 91.0 Å². The van der Waals surface area contributed by atoms with Crippen molar-refractivity contribution in [2.45, 2.75) is 56.0 Å². The van der Waals surface area contributed by atoms with E-state index >= 15 is 0 Å². The zero-order valence-electron chi connectivity index (χ0n) is 38.4. The number of halogens is 24. The minimum Gasteiger partial charge on any atom is -0.258 e. The van der Waals surface area contributed by atoms with Crippen LogP contribution in [-0.4, -0.2) is 16.1 Å². The van der Waals surface area contributed by atoms with Crippen LogP contribution >= 0.6 is 0 Å². The molecule has 0 fully saturated rings. The molecular formula is C49H26BF24N3O2. The smallest absolute Gasteiger partial charge is 0.258 e. The van der Waals surface area contributed by atoms with Gasteiger partial charge in [0.05, 0.1) is 55.6 Å². The summed E-state index contributed by atoms with van der Waals surface area (Å²) >= 11 is 0. The van der Waals surface area contributed by atoms with Gasteiger partial charge >= 0.3 is 49.4 Å². The molecule has 0 aliphatic rings. The van der Waals surface area contributed by atoms with Gasteiger partial charge in [-0.15, -0.1) is 0 Å². The number of hydrogen-bond acceptors (Lipinski definition) is 3. The maximum Gasteiger partial charge on any atom is 0.416 e. The minimum atomic E-state index is -6.13. The second-order valence-electron chi connectivity index (χ2n) is 17.1. The molecule has 0 saturated carbocycles. The van der Waals surface area contributed by atoms with Crippen LogP contribution in [0.25, 0.3) is 11.3 Å². The lowest BCUT2D eigenvalue weighted by molar-refractivity contribution is -0.688. The Morgan fingerprint density at radius 3 is 0.987 bits per heavy atom. The first-order chi connectivity index (χ1) is 36.0. The van der Waals surface area contributed by atoms with E-state index in [1.54, 1.807) is 12.3 Å². The Bertz CT molecular complexity index is 2920. The molecule has 0 aliphatic carbocycles. The van der Waals surface area contributed by atoms with E-state index in [2.05, 4.69) is 17.1 Å². The Morgan fingerprint density at radius 2 is 0.709 bits per heavy atom. The first kappa shape index (κ1) is 60.4. The van der Waals surface area contributed by atoms with Crippen LogP contribution in [0.5, 0.6) is 0 Å². The van der Waals surface area contributed by atoms with E-state index in [0.29, 0.717) is 5.69 Å². The highest BCUT2D eigenvalue weighted by molar-refractivity contribution is 7.20. The van der Waals surface area contributed by atoms with Gasteiger partial charge in [-0.25, -0.2) is 4.98 Å². The molecule has 30 heteroatoms. The van der Waals surface area contributed by atoms with Gasteiger partial charge in [0.15, 0.2) is 18.9 Å². The fourth-order valence-corrected chi connectivity index (χ4v) is 8.32. The Morgan fingerprint density at radius 1 is 0.405 bits per heavy atom. The number of nitro benzene ring substituents is 1. The summed E-state index contributed by atoms with van der Waals surface area (Å²) in [6.45, 7) is 0.727. The fraction of sp³-hybridized carbons (Fsp3) is 0.184. The molecule has 0 N–H and O–H groups in total. The lowest BCUT2D eigenvalue weighted by Gasteiger charge is -2.46. The Kier molecular flexibility index (Phi) is 16.1. The third-order valence-electron chi connectivity index (χ3n) is 11.8. The molecule has 0 amide bonds. The summed E-state index contributed by atoms with van der Waals surface area (Å²) in [5, 5.41) is 10.9. The van der Waals surface area contributed by atoms with Crippen LogP contribution < -0.4 is 26.4 Å². The molecule has 0 bridgehead atoms. The first-order valence-corrected chi connectivity index (χ1v) is 21.5. The van der Waals surface area contributed by atoms with Crippen LogP contribution in [0, 0.1) is 10.1 Å². The number of nitrogens with zero attached hydrogens (tertiary/aromatic N) is 3. The van der Waals surface area contributed by atoms with E-state index in [1.807, 2.05) is 41.2 Å². The molecule has 0 aliphatic heterocycles. The normalized spacial score (nSPS) is 13.2. The standard InChI is InChI=1S/C32H12BF24.C17H14N3O2/c34-25(35,36)13-1-14(26(37,38)39)6-21(5-13)33(22-7-15(27(40,41)42)2-16(8-22)28(43,44)45,23-9-17(29(46,47)48)3-18(10-23)30(49,50)51)24-11-19(31(52,53)54)4-20(12-24)32(55,56)57;21-20(22)16-8-4-7-15(11-16)17-13-19(10-9-18-17)12-14-5-2-1-3-6-14/h1-12H;1-11,13H,12H2/q-1;+1. The number of alkyl halides is 24. The molecule has 0 saturated heterocycles. The molecule has 79 heavy (non-hydrogen) atoms. The van der Waals surface area contributed by atoms with Gasteiger partial charge < -0.3 is 0 Å². The van der Waals surface area contributed by atoms with Crippen molar-refractivity contribution in [3.8, 4) is 11.3 Å². The van der Waals surface area contributed by atoms with Crippen LogP contribution in [0.4, 0.5) is 111 Å². The van der Waals surface area contributed by atoms with Crippen molar-refractivity contribution >= 4 is 33.7 Å². The summed E-state index contributed by atoms with van der Waals surface area (Å²) in [7, 11) is 0. The van der Waals surface area contributed by atoms with Crippen molar-refractivity contribution in [1.82, 2.24) is 4.98 Å². The summed E-state index contributed by atoms with van der Waals surface area (Å²) in [5.41, 5.74) is -27.5. The van der Waals surface area contributed by atoms with Crippen LogP contribution in [0.2, 0.25) is 0 Å². The van der Waals surface area contributed by atoms with E-state index in [0.717, 1.165) is 12.1 Å². The van der Waals surface area contributed by atoms with Crippen molar-refractivity contribution < 1.29 is 115 Å². The largest absolute Gasteiger partial charge is 0.416 e. The summed E-state index contributed by atoms with van der Waals surface area (Å²) in [6.07, 6.45) is -49.3. The molecule has 420 valence electrons. The first-order valence-electron chi connectivity index (χ1n) is 21.5. The number of benzene rings is 6. The summed E-state index contributed by atoms with van der Waals surface area (Å²) in [5.74, 6) is 0. The SMILES string of the molecule is FC(F)(F)c1cc([B-](c2cc(C(F)(F)F)cc(C(F)(F)F)c2)(c2cc(C(F)(F)F)cc(C(F)(F)F)c2)c2cc(C(F)(F)F)cc(C(F)(F)F)c2)cc(C(F)(F)F)c1.O=[N+]([O-])c1cccc(-c2c[n+](Cc3ccccc3)ccn2)c1. The van der Waals surface area contributed by atoms with E-state index in [4.69, 9.17) is 0 Å². The summed E-state index contributed by atoms with van der Waals surface area (Å²) in [4.78, 5) is 14.8. The molecule has 1 aromatic heterocycles. The molecule has 0 atom stereocenters. The van der Waals surface area contributed by atoms with Crippen LogP contribution in [0.15, 0.2) is 146 Å². The summed E-state index contributed by atoms with van der Waals surface area (Å²) < 4.78 is 343. The average Bonchev–Trinajstić information content (AvgIpc) is 3.32. The Balaban J connectivity index is 0.000000378. The number of non-ortho nitro benzene ring substituents is 1. The molecule has 6 aromatic carbocycles. The van der Waals surface area contributed by atoms with Gasteiger partial charge in [0.2, 0.25) is 0 Å². The lowest BCUT2D eigenvalue weighted by Crippen LogP contribution is -2.75. The Hall–Kier alpha value is -7.82. The highest BCUT2D eigenvalue weighted by Crippen LogP contribution is 2.41. The maximum absolute atomic E-state index is 14.2. The highest BCUT2D eigenvalue weighted by Gasteiger charge is 2.47. The van der Waals surface area contributed by atoms with Gasteiger partial charge in [-0.3, -0.25) is 10.1 Å². The van der Waals surface area contributed by atoms with Gasteiger partial charge in [-0.2, -0.15) is 132 Å². The second kappa shape index (κ2) is 21.1. The fourth-order valence-electron chi connectivity index (χ4n) is 8.32. The third kappa shape index (κ3) is 14.1. The van der Waals surface area contributed by atoms with Crippen molar-refractivity contribution in [1.29, 1.82) is 0 Å². The second-order valence-corrected chi connectivity index (χ2v) is 17.1. The van der Waals surface area contributed by atoms with Crippen molar-refractivity contribution in [2.24, 2.45) is 0 Å². The van der Waals surface area contributed by atoms with E-state index in [1.165, 1.54) is 17.7 Å². The molecule has 0 spiro atoms. The van der Waals surface area contributed by atoms with Gasteiger partial charge in [-0.05, 0) is 24.3 Å². The van der Waals surface area contributed by atoms with Crippen molar-refractivity contribution in [2.75, 3.05) is 0 Å². The number of hydrogen-bond donors (Lipinski definition) is 0. The quantitative estimate of drug-likeness (QED) is 0.0501. The van der Waals surface area contributed by atoms with Crippen molar-refractivity contribution in [3.63, 3.8) is 0 Å². The molecular weight excluding hydrogens is 1130 g/mol. The molecule has 1 heterocycles. The number of nitro groups is 1. The van der Waals surface area contributed by atoms with Gasteiger partial charge in [0.25, 0.3) is 5.69 Å². The average molecular weight is 1160 g/mol. The molecule has 5 nitrogen and oxygen atoms in total. The number of rotatable bonds is 8. The van der Waals surface area contributed by atoms with Crippen LogP contribution in [-0.2, 0) is 56.0 Å². The lowest BCUT2D eigenvalue weighted by atomic mass is 9.12. The predicted octanol–water partition coefficient (Wildman–Crippen LogP) is 14.2. The summed E-state index contributed by atoms with van der Waals surface area (Å²) in [6, 6.07) is 7.79. The van der Waals surface area contributed by atoms with Crippen LogP contribution in [0.1, 0.15) is 50.1 Å². The zero-order valence-corrected chi connectivity index (χ0v) is 38.4. The highest BCUT2D eigenvalue weighted by atomic mass is 19.4. The molecule has 7 aromatic rings. The maximum atomic E-state index is 14.2. The minimum absolute atomic E-state index is 0.0674. The molecule has 0 radical (unpaired) electrons. The monoisotopic (exact) mass is 1160 g/mol. The number of aromatic nitrogens is 2. The van der Waals surface area contributed by atoms with E-state index < -0.39 is 200 Å².